The van der Waals surface area contributed by atoms with Crippen LogP contribution in [0.1, 0.15) is 0 Å². The van der Waals surface area contributed by atoms with Gasteiger partial charge in [0.15, 0.2) is 0 Å². The zero-order valence-corrected chi connectivity index (χ0v) is 5.68. The highest BCUT2D eigenvalue weighted by atomic mass is 79.9. The van der Waals surface area contributed by atoms with Crippen LogP contribution < -0.4 is 5.11 Å². The topological polar surface area (TPSA) is 23.1 Å². The third-order valence-electron chi connectivity index (χ3n) is 0.876. The van der Waals surface area contributed by atoms with E-state index in [4.69, 9.17) is 0 Å². The maximum absolute atomic E-state index is 10.00. The molecule has 0 amide bonds. The lowest BCUT2D eigenvalue weighted by molar-refractivity contribution is -0.275. The maximum atomic E-state index is 10.00. The maximum Gasteiger partial charge on any atom is 0.0180 e. The summed E-state index contributed by atoms with van der Waals surface area (Å²) in [6, 6.07) is 0. The van der Waals surface area contributed by atoms with Crippen LogP contribution in [0, 0.1) is 0 Å². The van der Waals surface area contributed by atoms with Crippen molar-refractivity contribution in [2.24, 2.45) is 0 Å². The molecule has 0 fully saturated rings. The summed E-state index contributed by atoms with van der Waals surface area (Å²) in [5, 5.41) is 10.00. The van der Waals surface area contributed by atoms with Crippen LogP contribution in [0.15, 0.2) is 34.5 Å². The summed E-state index contributed by atoms with van der Waals surface area (Å²) in [6.45, 7) is 0. The minimum Gasteiger partial charge on any atom is -0.877 e. The van der Waals surface area contributed by atoms with Gasteiger partial charge in [0.1, 0.15) is 0 Å². The van der Waals surface area contributed by atoms with Gasteiger partial charge in [0.2, 0.25) is 0 Å². The largest absolute Gasteiger partial charge is 0.877 e. The van der Waals surface area contributed by atoms with Gasteiger partial charge in [-0.2, -0.15) is 0 Å². The van der Waals surface area contributed by atoms with E-state index in [1.807, 2.05) is 6.08 Å². The zero-order valence-electron chi connectivity index (χ0n) is 4.10. The first-order valence-electron chi connectivity index (χ1n) is 2.20. The van der Waals surface area contributed by atoms with E-state index in [9.17, 15) is 5.11 Å². The third-order valence-corrected chi connectivity index (χ3v) is 1.37. The van der Waals surface area contributed by atoms with Crippen LogP contribution in [0.25, 0.3) is 0 Å². The molecule has 0 bridgehead atoms. The molecule has 1 nitrogen and oxygen atoms in total. The summed E-state index contributed by atoms with van der Waals surface area (Å²) < 4.78 is 0.958. The fraction of sp³-hybridized carbons (Fsp3) is 0. The number of hydrogen-bond donors (Lipinski definition) is 0. The molecule has 1 aliphatic rings. The summed E-state index contributed by atoms with van der Waals surface area (Å²) in [5.74, 6) is 0. The van der Waals surface area contributed by atoms with Gasteiger partial charge in [-0.1, -0.05) is 22.0 Å². The van der Waals surface area contributed by atoms with Gasteiger partial charge in [0, 0.05) is 4.48 Å². The molecule has 0 aromatic heterocycles. The van der Waals surface area contributed by atoms with Gasteiger partial charge in [-0.15, -0.1) is 6.26 Å². The summed E-state index contributed by atoms with van der Waals surface area (Å²) in [7, 11) is 0. The van der Waals surface area contributed by atoms with Gasteiger partial charge < -0.3 is 5.11 Å². The Morgan fingerprint density at radius 3 is 2.50 bits per heavy atom. The molecule has 1 aliphatic carbocycles. The lowest BCUT2D eigenvalue weighted by Crippen LogP contribution is -1.86. The van der Waals surface area contributed by atoms with Crippen molar-refractivity contribution < 1.29 is 5.11 Å². The van der Waals surface area contributed by atoms with Crippen molar-refractivity contribution in [3.05, 3.63) is 34.5 Å². The molecule has 0 aromatic carbocycles. The van der Waals surface area contributed by atoms with Crippen LogP contribution in [-0.2, 0) is 0 Å². The van der Waals surface area contributed by atoms with Crippen molar-refractivity contribution in [1.29, 1.82) is 0 Å². The highest BCUT2D eigenvalue weighted by Gasteiger charge is 1.93. The van der Waals surface area contributed by atoms with Crippen molar-refractivity contribution >= 4 is 15.9 Å². The van der Waals surface area contributed by atoms with E-state index in [0.717, 1.165) is 16.3 Å². The average molecular weight is 172 g/mol. The quantitative estimate of drug-likeness (QED) is 0.501. The minimum atomic E-state index is 0.719. The molecular formula is C6H4BrO-. The Kier molecular flexibility index (Phi) is 1.53. The second kappa shape index (κ2) is 2.18. The lowest BCUT2D eigenvalue weighted by atomic mass is 10.3. The van der Waals surface area contributed by atoms with Gasteiger partial charge >= 0.3 is 0 Å². The standard InChI is InChI=1S/C6H5BrO/c7-6-2-1-5(3-6)4-8/h1-4,8H/p-1/b5-4-. The molecule has 0 atom stereocenters. The average Bonchev–Trinajstić information content (AvgIpc) is 2.14. The minimum absolute atomic E-state index is 0.719. The molecule has 0 heterocycles. The van der Waals surface area contributed by atoms with E-state index < -0.39 is 0 Å². The van der Waals surface area contributed by atoms with E-state index in [-0.39, 0.29) is 0 Å². The van der Waals surface area contributed by atoms with E-state index in [1.165, 1.54) is 0 Å². The van der Waals surface area contributed by atoms with Crippen molar-refractivity contribution in [3.63, 3.8) is 0 Å². The first-order chi connectivity index (χ1) is 3.83. The normalized spacial score (nSPS) is 22.1. The third kappa shape index (κ3) is 1.01. The second-order valence-corrected chi connectivity index (χ2v) is 2.40. The first-order valence-corrected chi connectivity index (χ1v) is 2.99. The Labute approximate surface area is 56.2 Å². The zero-order chi connectivity index (χ0) is 5.98. The Bertz CT molecular complexity index is 177. The molecule has 0 N–H and O–H groups in total. The van der Waals surface area contributed by atoms with E-state index in [2.05, 4.69) is 15.9 Å². The van der Waals surface area contributed by atoms with Crippen LogP contribution in [0.5, 0.6) is 0 Å². The Morgan fingerprint density at radius 2 is 2.25 bits per heavy atom. The molecule has 0 spiro atoms. The van der Waals surface area contributed by atoms with Crippen molar-refractivity contribution in [2.45, 2.75) is 0 Å². The summed E-state index contributed by atoms with van der Waals surface area (Å²) >= 11 is 3.21. The molecule has 0 saturated carbocycles. The van der Waals surface area contributed by atoms with Crippen LogP contribution in [0.4, 0.5) is 0 Å². The van der Waals surface area contributed by atoms with Gasteiger partial charge in [-0.05, 0) is 17.7 Å². The van der Waals surface area contributed by atoms with Crippen molar-refractivity contribution in [3.8, 4) is 0 Å². The highest BCUT2D eigenvalue weighted by molar-refractivity contribution is 9.11. The fourth-order valence-corrected chi connectivity index (χ4v) is 0.901. The van der Waals surface area contributed by atoms with Crippen LogP contribution in [0.3, 0.4) is 0 Å². The number of hydrogen-bond acceptors (Lipinski definition) is 1. The predicted octanol–water partition coefficient (Wildman–Crippen LogP) is 1.08. The van der Waals surface area contributed by atoms with Crippen LogP contribution in [-0.4, -0.2) is 0 Å². The number of allylic oxidation sites excluding steroid dienone is 5. The van der Waals surface area contributed by atoms with Gasteiger partial charge in [0.25, 0.3) is 0 Å². The fourth-order valence-electron chi connectivity index (χ4n) is 0.505. The van der Waals surface area contributed by atoms with Crippen molar-refractivity contribution in [1.82, 2.24) is 0 Å². The highest BCUT2D eigenvalue weighted by Crippen LogP contribution is 2.18. The van der Waals surface area contributed by atoms with E-state index in [0.29, 0.717) is 0 Å². The molecule has 0 radical (unpaired) electrons. The number of halogens is 1. The van der Waals surface area contributed by atoms with Crippen molar-refractivity contribution in [2.75, 3.05) is 0 Å². The number of rotatable bonds is 0. The SMILES string of the molecule is [O-]/C=C1/C=CC(Br)=C1. The molecule has 0 aromatic rings. The summed E-state index contributed by atoms with van der Waals surface area (Å²) in [6.07, 6.45) is 6.19. The van der Waals surface area contributed by atoms with Crippen LogP contribution in [0.2, 0.25) is 0 Å². The summed E-state index contributed by atoms with van der Waals surface area (Å²) in [4.78, 5) is 0. The second-order valence-electron chi connectivity index (χ2n) is 1.48. The molecular weight excluding hydrogens is 168 g/mol. The first kappa shape index (κ1) is 5.63. The van der Waals surface area contributed by atoms with E-state index >= 15 is 0 Å². The van der Waals surface area contributed by atoms with Crippen LogP contribution >= 0.6 is 15.9 Å². The molecule has 1 rings (SSSR count). The molecule has 0 saturated heterocycles. The Balaban J connectivity index is 2.84. The van der Waals surface area contributed by atoms with Gasteiger partial charge in [-0.3, -0.25) is 0 Å². The van der Waals surface area contributed by atoms with Gasteiger partial charge in [0.05, 0.1) is 0 Å². The Morgan fingerprint density at radius 1 is 1.50 bits per heavy atom. The molecule has 8 heavy (non-hydrogen) atoms. The lowest BCUT2D eigenvalue weighted by Gasteiger charge is -1.90. The van der Waals surface area contributed by atoms with E-state index in [1.54, 1.807) is 12.2 Å². The molecule has 0 aliphatic heterocycles. The van der Waals surface area contributed by atoms with Gasteiger partial charge in [-0.25, -0.2) is 0 Å². The summed E-state index contributed by atoms with van der Waals surface area (Å²) in [5.41, 5.74) is 0.719. The predicted molar refractivity (Wildman–Crippen MR) is 34.2 cm³/mol. The molecule has 0 unspecified atom stereocenters. The Hall–Kier alpha value is -0.500. The smallest absolute Gasteiger partial charge is 0.0180 e. The monoisotopic (exact) mass is 171 g/mol. The molecule has 42 valence electrons. The molecule has 2 heteroatoms.